The summed E-state index contributed by atoms with van der Waals surface area (Å²) in [6.45, 7) is 1.74. The van der Waals surface area contributed by atoms with Gasteiger partial charge in [-0.3, -0.25) is 0 Å². The van der Waals surface area contributed by atoms with Crippen molar-refractivity contribution in [2.45, 2.75) is 6.92 Å². The Morgan fingerprint density at radius 2 is 2.33 bits per heavy atom. The molecule has 0 saturated heterocycles. The molecule has 0 amide bonds. The zero-order chi connectivity index (χ0) is 7.28. The van der Waals surface area contributed by atoms with Gasteiger partial charge in [-0.2, -0.15) is 0 Å². The molecular formula is C6H9IO2. The van der Waals surface area contributed by atoms with Crippen molar-refractivity contribution in [3.05, 3.63) is 11.6 Å². The van der Waals surface area contributed by atoms with Crippen molar-refractivity contribution in [1.82, 2.24) is 0 Å². The van der Waals surface area contributed by atoms with Crippen LogP contribution in [0.1, 0.15) is 6.92 Å². The van der Waals surface area contributed by atoms with Crippen molar-refractivity contribution in [3.63, 3.8) is 0 Å². The molecule has 0 aliphatic rings. The molecule has 52 valence electrons. The van der Waals surface area contributed by atoms with Gasteiger partial charge in [-0.25, -0.2) is 4.79 Å². The van der Waals surface area contributed by atoms with Crippen LogP contribution in [-0.4, -0.2) is 17.5 Å². The molecular weight excluding hydrogens is 231 g/mol. The Morgan fingerprint density at radius 3 is 2.67 bits per heavy atom. The van der Waals surface area contributed by atoms with Gasteiger partial charge >= 0.3 is 5.97 Å². The van der Waals surface area contributed by atoms with Gasteiger partial charge in [0.15, 0.2) is 0 Å². The second-order valence-electron chi connectivity index (χ2n) is 1.53. The average Bonchev–Trinajstić information content (AvgIpc) is 1.87. The van der Waals surface area contributed by atoms with Crippen LogP contribution in [0.3, 0.4) is 0 Å². The molecule has 9 heavy (non-hydrogen) atoms. The molecule has 0 radical (unpaired) electrons. The Balaban J connectivity index is 3.86. The highest BCUT2D eigenvalue weighted by molar-refractivity contribution is 14.1. The van der Waals surface area contributed by atoms with Gasteiger partial charge in [-0.1, -0.05) is 28.7 Å². The number of carbonyl (C=O) groups excluding carboxylic acids is 1. The second-order valence-corrected chi connectivity index (χ2v) is 2.41. The first-order valence-corrected chi connectivity index (χ1v) is 4.06. The standard InChI is InChI=1S/C6H9IO2/c1-5(3-4-7)6(8)9-2/h3H,4H2,1-2H3. The summed E-state index contributed by atoms with van der Waals surface area (Å²) in [5.41, 5.74) is 0.673. The van der Waals surface area contributed by atoms with E-state index in [0.717, 1.165) is 4.43 Å². The summed E-state index contributed by atoms with van der Waals surface area (Å²) >= 11 is 2.17. The molecule has 0 aliphatic heterocycles. The molecule has 0 N–H and O–H groups in total. The highest BCUT2D eigenvalue weighted by atomic mass is 127. The van der Waals surface area contributed by atoms with Crippen LogP contribution in [0.15, 0.2) is 11.6 Å². The Bertz CT molecular complexity index is 129. The number of hydrogen-bond acceptors (Lipinski definition) is 2. The molecule has 0 aromatic rings. The van der Waals surface area contributed by atoms with Gasteiger partial charge in [0, 0.05) is 10.0 Å². The van der Waals surface area contributed by atoms with Gasteiger partial charge in [0.1, 0.15) is 0 Å². The van der Waals surface area contributed by atoms with E-state index in [-0.39, 0.29) is 5.97 Å². The van der Waals surface area contributed by atoms with Gasteiger partial charge in [-0.05, 0) is 6.92 Å². The molecule has 0 rings (SSSR count). The van der Waals surface area contributed by atoms with Crippen molar-refractivity contribution in [2.24, 2.45) is 0 Å². The molecule has 0 atom stereocenters. The lowest BCUT2D eigenvalue weighted by atomic mass is 10.3. The molecule has 0 aliphatic carbocycles. The Morgan fingerprint density at radius 1 is 1.78 bits per heavy atom. The lowest BCUT2D eigenvalue weighted by Gasteiger charge is -1.94. The van der Waals surface area contributed by atoms with E-state index in [2.05, 4.69) is 27.3 Å². The first kappa shape index (κ1) is 8.94. The van der Waals surface area contributed by atoms with Crippen LogP contribution in [-0.2, 0) is 9.53 Å². The quantitative estimate of drug-likeness (QED) is 0.316. The van der Waals surface area contributed by atoms with E-state index in [9.17, 15) is 4.79 Å². The zero-order valence-electron chi connectivity index (χ0n) is 5.48. The van der Waals surface area contributed by atoms with E-state index >= 15 is 0 Å². The third-order valence-electron chi connectivity index (χ3n) is 0.891. The van der Waals surface area contributed by atoms with Crippen LogP contribution < -0.4 is 0 Å². The number of alkyl halides is 1. The number of halogens is 1. The fourth-order valence-corrected chi connectivity index (χ4v) is 1.02. The molecule has 0 fully saturated rings. The van der Waals surface area contributed by atoms with E-state index in [1.807, 2.05) is 6.08 Å². The monoisotopic (exact) mass is 240 g/mol. The van der Waals surface area contributed by atoms with Crippen LogP contribution in [0.2, 0.25) is 0 Å². The van der Waals surface area contributed by atoms with Crippen LogP contribution in [0.5, 0.6) is 0 Å². The second kappa shape index (κ2) is 4.78. The van der Waals surface area contributed by atoms with Gasteiger partial charge < -0.3 is 4.74 Å². The number of esters is 1. The van der Waals surface area contributed by atoms with E-state index < -0.39 is 0 Å². The normalized spacial score (nSPS) is 11.2. The Kier molecular flexibility index (Phi) is 4.75. The molecule has 3 heteroatoms. The minimum atomic E-state index is -0.244. The predicted molar refractivity (Wildman–Crippen MR) is 44.7 cm³/mol. The summed E-state index contributed by atoms with van der Waals surface area (Å²) in [6, 6.07) is 0. The fraction of sp³-hybridized carbons (Fsp3) is 0.500. The smallest absolute Gasteiger partial charge is 0.333 e. The van der Waals surface area contributed by atoms with E-state index in [1.165, 1.54) is 7.11 Å². The summed E-state index contributed by atoms with van der Waals surface area (Å²) in [5, 5.41) is 0. The van der Waals surface area contributed by atoms with Crippen molar-refractivity contribution in [3.8, 4) is 0 Å². The molecule has 0 unspecified atom stereocenters. The third-order valence-corrected chi connectivity index (χ3v) is 1.33. The van der Waals surface area contributed by atoms with Gasteiger partial charge in [0.05, 0.1) is 7.11 Å². The molecule has 0 spiro atoms. The predicted octanol–water partition coefficient (Wildman–Crippen LogP) is 1.54. The summed E-state index contributed by atoms with van der Waals surface area (Å²) in [7, 11) is 1.38. The molecule has 0 bridgehead atoms. The van der Waals surface area contributed by atoms with Crippen molar-refractivity contribution in [1.29, 1.82) is 0 Å². The fourth-order valence-electron chi connectivity index (χ4n) is 0.360. The maximum atomic E-state index is 10.6. The van der Waals surface area contributed by atoms with Gasteiger partial charge in [0.2, 0.25) is 0 Å². The topological polar surface area (TPSA) is 26.3 Å². The van der Waals surface area contributed by atoms with E-state index in [4.69, 9.17) is 0 Å². The van der Waals surface area contributed by atoms with Crippen molar-refractivity contribution in [2.75, 3.05) is 11.5 Å². The van der Waals surface area contributed by atoms with Crippen molar-refractivity contribution >= 4 is 28.6 Å². The molecule has 0 saturated carbocycles. The lowest BCUT2D eigenvalue weighted by molar-refractivity contribution is -0.136. The summed E-state index contributed by atoms with van der Waals surface area (Å²) in [4.78, 5) is 10.6. The third kappa shape index (κ3) is 3.51. The Labute approximate surface area is 68.4 Å². The largest absolute Gasteiger partial charge is 0.466 e. The summed E-state index contributed by atoms with van der Waals surface area (Å²) < 4.78 is 5.30. The van der Waals surface area contributed by atoms with Crippen LogP contribution >= 0.6 is 22.6 Å². The molecule has 0 aromatic heterocycles. The zero-order valence-corrected chi connectivity index (χ0v) is 7.64. The number of ether oxygens (including phenoxy) is 1. The minimum absolute atomic E-state index is 0.244. The maximum absolute atomic E-state index is 10.6. The Hall–Kier alpha value is -0.0600. The average molecular weight is 240 g/mol. The first-order chi connectivity index (χ1) is 4.22. The number of allylic oxidation sites excluding steroid dienone is 1. The summed E-state index contributed by atoms with van der Waals surface area (Å²) in [6.07, 6.45) is 1.83. The molecule has 0 aromatic carbocycles. The van der Waals surface area contributed by atoms with Crippen LogP contribution in [0.25, 0.3) is 0 Å². The number of rotatable bonds is 2. The first-order valence-electron chi connectivity index (χ1n) is 2.53. The van der Waals surface area contributed by atoms with Gasteiger partial charge in [0.25, 0.3) is 0 Å². The minimum Gasteiger partial charge on any atom is -0.466 e. The number of hydrogen-bond donors (Lipinski definition) is 0. The maximum Gasteiger partial charge on any atom is 0.333 e. The van der Waals surface area contributed by atoms with E-state index in [0.29, 0.717) is 5.57 Å². The highest BCUT2D eigenvalue weighted by Crippen LogP contribution is 1.96. The van der Waals surface area contributed by atoms with Crippen LogP contribution in [0.4, 0.5) is 0 Å². The SMILES string of the molecule is COC(=O)C(C)=CCI. The summed E-state index contributed by atoms with van der Waals surface area (Å²) in [5.74, 6) is -0.244. The lowest BCUT2D eigenvalue weighted by Crippen LogP contribution is -2.01. The van der Waals surface area contributed by atoms with Crippen LogP contribution in [0, 0.1) is 0 Å². The van der Waals surface area contributed by atoms with E-state index in [1.54, 1.807) is 6.92 Å². The van der Waals surface area contributed by atoms with Crippen molar-refractivity contribution < 1.29 is 9.53 Å². The molecule has 0 heterocycles. The highest BCUT2D eigenvalue weighted by Gasteiger charge is 1.99. The van der Waals surface area contributed by atoms with Gasteiger partial charge in [-0.15, -0.1) is 0 Å². The molecule has 2 nitrogen and oxygen atoms in total. The number of carbonyl (C=O) groups is 1. The number of methoxy groups -OCH3 is 1.